The van der Waals surface area contributed by atoms with Crippen molar-refractivity contribution in [2.75, 3.05) is 13.7 Å². The van der Waals surface area contributed by atoms with Crippen LogP contribution in [0.3, 0.4) is 0 Å². The lowest BCUT2D eigenvalue weighted by Crippen LogP contribution is -2.44. The van der Waals surface area contributed by atoms with Gasteiger partial charge in [-0.2, -0.15) is 13.2 Å². The maximum atomic E-state index is 14.5. The van der Waals surface area contributed by atoms with Crippen LogP contribution in [0.2, 0.25) is 0 Å². The Bertz CT molecular complexity index is 1420. The van der Waals surface area contributed by atoms with Crippen LogP contribution in [0.1, 0.15) is 48.3 Å². The number of aliphatic hydroxyl groups is 1. The molecule has 0 fully saturated rings. The number of carbonyl (C=O) groups excluding carboxylic acids is 1. The highest BCUT2D eigenvalue weighted by Gasteiger charge is 2.56. The number of Topliss-reactive ketones (excluding diaryl/α,β-unsaturated/α-hetero) is 1. The van der Waals surface area contributed by atoms with E-state index in [1.807, 2.05) is 0 Å². The molecule has 0 aliphatic carbocycles. The van der Waals surface area contributed by atoms with Crippen molar-refractivity contribution in [3.05, 3.63) is 77.2 Å². The van der Waals surface area contributed by atoms with E-state index in [-0.39, 0.29) is 40.8 Å². The van der Waals surface area contributed by atoms with Gasteiger partial charge in [-0.05, 0) is 80.4 Å². The molecule has 0 amide bonds. The minimum absolute atomic E-state index is 0.000626. The predicted octanol–water partition coefficient (Wildman–Crippen LogP) is 4.63. The molecule has 6 N–H and O–H groups in total. The third-order valence-electron chi connectivity index (χ3n) is 6.31. The van der Waals surface area contributed by atoms with Crippen LogP contribution in [0.15, 0.2) is 59.8 Å². The number of carbonyl (C=O) groups is 1. The number of ketones is 1. The zero-order valence-corrected chi connectivity index (χ0v) is 22.5. The van der Waals surface area contributed by atoms with Gasteiger partial charge in [-0.3, -0.25) is 4.79 Å². The van der Waals surface area contributed by atoms with Gasteiger partial charge in [0.15, 0.2) is 23.1 Å². The summed E-state index contributed by atoms with van der Waals surface area (Å²) in [6.45, 7) is 2.86. The molecule has 1 atom stereocenters. The van der Waals surface area contributed by atoms with Crippen LogP contribution < -0.4 is 20.9 Å². The van der Waals surface area contributed by atoms with Gasteiger partial charge in [-0.15, -0.1) is 0 Å². The SMILES string of the molecule is COc1cc(C(=O)CCC(O)(c2cc(C(C)(C)N)cc(-c3ccc(F)cc3)n2)C(F)(F)F)ccc1OC/C(N)=N/O. The monoisotopic (exact) mass is 578 g/mol. The minimum Gasteiger partial charge on any atom is -0.493 e. The van der Waals surface area contributed by atoms with E-state index in [0.29, 0.717) is 5.56 Å². The number of alkyl halides is 3. The maximum Gasteiger partial charge on any atom is 0.422 e. The Morgan fingerprint density at radius 3 is 2.27 bits per heavy atom. The van der Waals surface area contributed by atoms with E-state index in [0.717, 1.165) is 18.2 Å². The first-order valence-corrected chi connectivity index (χ1v) is 12.3. The highest BCUT2D eigenvalue weighted by molar-refractivity contribution is 5.96. The van der Waals surface area contributed by atoms with Gasteiger partial charge in [0.05, 0.1) is 18.5 Å². The van der Waals surface area contributed by atoms with Crippen LogP contribution in [0.25, 0.3) is 11.3 Å². The largest absolute Gasteiger partial charge is 0.493 e. The molecule has 41 heavy (non-hydrogen) atoms. The number of halogens is 4. The van der Waals surface area contributed by atoms with E-state index in [2.05, 4.69) is 10.1 Å². The molecule has 3 rings (SSSR count). The summed E-state index contributed by atoms with van der Waals surface area (Å²) < 4.78 is 67.4. The third kappa shape index (κ3) is 7.30. The van der Waals surface area contributed by atoms with E-state index in [1.165, 1.54) is 43.5 Å². The molecule has 1 unspecified atom stereocenters. The quantitative estimate of drug-likeness (QED) is 0.0642. The fraction of sp³-hybridized carbons (Fsp3) is 0.321. The van der Waals surface area contributed by atoms with Crippen molar-refractivity contribution in [1.29, 1.82) is 0 Å². The zero-order valence-electron chi connectivity index (χ0n) is 22.5. The van der Waals surface area contributed by atoms with E-state index >= 15 is 0 Å². The summed E-state index contributed by atoms with van der Waals surface area (Å²) in [5, 5.41) is 22.5. The highest BCUT2D eigenvalue weighted by Crippen LogP contribution is 2.43. The van der Waals surface area contributed by atoms with E-state index in [9.17, 15) is 27.5 Å². The molecule has 0 radical (unpaired) electrons. The van der Waals surface area contributed by atoms with Crippen LogP contribution in [0.4, 0.5) is 17.6 Å². The first-order valence-electron chi connectivity index (χ1n) is 12.3. The number of nitrogens with zero attached hydrogens (tertiary/aromatic N) is 2. The topological polar surface area (TPSA) is 153 Å². The van der Waals surface area contributed by atoms with Crippen molar-refractivity contribution < 1.29 is 42.1 Å². The number of nitrogens with two attached hydrogens (primary N) is 2. The van der Waals surface area contributed by atoms with Crippen molar-refractivity contribution in [1.82, 2.24) is 4.98 Å². The van der Waals surface area contributed by atoms with Gasteiger partial charge in [0.25, 0.3) is 0 Å². The van der Waals surface area contributed by atoms with Gasteiger partial charge in [0, 0.05) is 23.1 Å². The molecule has 3 aromatic rings. The second-order valence-electron chi connectivity index (χ2n) is 9.88. The predicted molar refractivity (Wildman–Crippen MR) is 142 cm³/mol. The van der Waals surface area contributed by atoms with E-state index < -0.39 is 47.5 Å². The van der Waals surface area contributed by atoms with Crippen molar-refractivity contribution in [3.8, 4) is 22.8 Å². The fourth-order valence-corrected chi connectivity index (χ4v) is 3.88. The van der Waals surface area contributed by atoms with Crippen molar-refractivity contribution in [3.63, 3.8) is 0 Å². The van der Waals surface area contributed by atoms with E-state index in [1.54, 1.807) is 13.8 Å². The summed E-state index contributed by atoms with van der Waals surface area (Å²) >= 11 is 0. The van der Waals surface area contributed by atoms with Gasteiger partial charge in [-0.25, -0.2) is 9.37 Å². The molecule has 0 bridgehead atoms. The van der Waals surface area contributed by atoms with Crippen LogP contribution >= 0.6 is 0 Å². The molecule has 0 aliphatic heterocycles. The summed E-state index contributed by atoms with van der Waals surface area (Å²) in [6, 6.07) is 11.4. The van der Waals surface area contributed by atoms with Crippen LogP contribution in [-0.2, 0) is 11.1 Å². The van der Waals surface area contributed by atoms with Crippen molar-refractivity contribution in [2.45, 2.75) is 44.0 Å². The minimum atomic E-state index is -5.22. The standard InChI is InChI=1S/C28H30F4N4O5/c1-26(2,34)18-13-20(16-4-7-19(29)8-5-16)35-24(14-18)27(38,28(30,31)32)11-10-21(37)17-6-9-22(23(12-17)40-3)41-15-25(33)36-39/h4-9,12-14,38-39H,10-11,15,34H2,1-3H3,(H2,33,36). The van der Waals surface area contributed by atoms with Crippen molar-refractivity contribution >= 4 is 11.6 Å². The lowest BCUT2D eigenvalue weighted by molar-refractivity contribution is -0.270. The summed E-state index contributed by atoms with van der Waals surface area (Å²) in [4.78, 5) is 17.0. The first kappa shape index (κ1) is 31.3. The Morgan fingerprint density at radius 2 is 1.71 bits per heavy atom. The number of aromatic nitrogens is 1. The van der Waals surface area contributed by atoms with Crippen LogP contribution in [0.5, 0.6) is 11.5 Å². The molecule has 0 saturated heterocycles. The Kier molecular flexibility index (Phi) is 9.24. The number of ether oxygens (including phenoxy) is 2. The lowest BCUT2D eigenvalue weighted by atomic mass is 9.86. The van der Waals surface area contributed by atoms with Gasteiger partial charge in [-0.1, -0.05) is 5.16 Å². The molecule has 13 heteroatoms. The molecule has 1 heterocycles. The summed E-state index contributed by atoms with van der Waals surface area (Å²) in [5.74, 6) is -1.27. The normalized spacial score (nSPS) is 13.9. The summed E-state index contributed by atoms with van der Waals surface area (Å²) in [5.41, 5.74) is 6.74. The number of pyridine rings is 1. The molecule has 2 aromatic carbocycles. The average molecular weight is 579 g/mol. The molecular formula is C28H30F4N4O5. The fourth-order valence-electron chi connectivity index (χ4n) is 3.88. The first-order chi connectivity index (χ1) is 19.1. The number of oxime groups is 1. The average Bonchev–Trinajstić information content (AvgIpc) is 2.93. The van der Waals surface area contributed by atoms with E-state index in [4.69, 9.17) is 26.1 Å². The molecule has 0 aliphatic rings. The third-order valence-corrected chi connectivity index (χ3v) is 6.31. The van der Waals surface area contributed by atoms with Crippen LogP contribution in [-0.4, -0.2) is 46.8 Å². The van der Waals surface area contributed by atoms with Gasteiger partial charge < -0.3 is 31.3 Å². The summed E-state index contributed by atoms with van der Waals surface area (Å²) in [6.07, 6.45) is -6.99. The van der Waals surface area contributed by atoms with Gasteiger partial charge in [0.1, 0.15) is 12.4 Å². The smallest absolute Gasteiger partial charge is 0.422 e. The Labute approximate surface area is 233 Å². The molecule has 0 saturated carbocycles. The Balaban J connectivity index is 1.97. The number of benzene rings is 2. The van der Waals surface area contributed by atoms with Gasteiger partial charge >= 0.3 is 6.18 Å². The zero-order chi connectivity index (χ0) is 30.6. The molecule has 9 nitrogen and oxygen atoms in total. The maximum absolute atomic E-state index is 14.5. The number of amidine groups is 1. The van der Waals surface area contributed by atoms with Crippen LogP contribution in [0, 0.1) is 5.82 Å². The number of methoxy groups -OCH3 is 1. The molecule has 220 valence electrons. The lowest BCUT2D eigenvalue weighted by Gasteiger charge is -2.32. The van der Waals surface area contributed by atoms with Crippen molar-refractivity contribution in [2.24, 2.45) is 16.6 Å². The highest BCUT2D eigenvalue weighted by atomic mass is 19.4. The Hall–Kier alpha value is -4.23. The molecule has 1 aromatic heterocycles. The Morgan fingerprint density at radius 1 is 1.05 bits per heavy atom. The number of rotatable bonds is 11. The summed E-state index contributed by atoms with van der Waals surface area (Å²) in [7, 11) is 1.29. The number of hydrogen-bond donors (Lipinski definition) is 4. The van der Waals surface area contributed by atoms with Gasteiger partial charge in [0.2, 0.25) is 5.60 Å². The second kappa shape index (κ2) is 12.1. The molecule has 0 spiro atoms. The number of hydrogen-bond acceptors (Lipinski definition) is 8. The second-order valence-corrected chi connectivity index (χ2v) is 9.88. The molecular weight excluding hydrogens is 548 g/mol.